The molecule has 0 saturated heterocycles. The second kappa shape index (κ2) is 3.87. The first-order chi connectivity index (χ1) is 6.75. The predicted octanol–water partition coefficient (Wildman–Crippen LogP) is -0.264. The average Bonchev–Trinajstić information content (AvgIpc) is 2.57. The van der Waals surface area contributed by atoms with E-state index in [4.69, 9.17) is 24.8 Å². The van der Waals surface area contributed by atoms with Gasteiger partial charge in [0.25, 0.3) is 0 Å². The first-order valence-electron chi connectivity index (χ1n) is 4.23. The molecule has 1 unspecified atom stereocenters. The first kappa shape index (κ1) is 9.33. The summed E-state index contributed by atoms with van der Waals surface area (Å²) in [6.07, 6.45) is -1.02. The summed E-state index contributed by atoms with van der Waals surface area (Å²) in [6.45, 7) is -0.0291. The Morgan fingerprint density at radius 3 is 2.43 bits per heavy atom. The van der Waals surface area contributed by atoms with Crippen molar-refractivity contribution in [3.05, 3.63) is 24.3 Å². The molecule has 2 rings (SSSR count). The fourth-order valence-corrected chi connectivity index (χ4v) is 1.12. The molecule has 3 N–H and O–H groups in total. The summed E-state index contributed by atoms with van der Waals surface area (Å²) in [7, 11) is -0.814. The standard InChI is InChI=1S/C8H10BNO4/c10-8(11)5-12-9-13-6-3-1-2-4-7(6)14-9/h1-4,8,11H,5,10H2. The summed E-state index contributed by atoms with van der Waals surface area (Å²) in [5.74, 6) is 1.26. The van der Waals surface area contributed by atoms with E-state index in [0.717, 1.165) is 0 Å². The molecule has 0 aliphatic carbocycles. The number of benzene rings is 1. The molecule has 74 valence electrons. The summed E-state index contributed by atoms with van der Waals surface area (Å²) in [5.41, 5.74) is 5.10. The van der Waals surface area contributed by atoms with Gasteiger partial charge in [0, 0.05) is 0 Å². The Hall–Kier alpha value is -1.24. The average molecular weight is 195 g/mol. The normalized spacial score (nSPS) is 15.7. The summed E-state index contributed by atoms with van der Waals surface area (Å²) < 4.78 is 15.5. The molecular formula is C8H10BNO4. The van der Waals surface area contributed by atoms with Gasteiger partial charge in [-0.25, -0.2) is 0 Å². The lowest BCUT2D eigenvalue weighted by molar-refractivity contribution is 0.0910. The summed E-state index contributed by atoms with van der Waals surface area (Å²) in [4.78, 5) is 0. The van der Waals surface area contributed by atoms with Crippen molar-refractivity contribution in [1.29, 1.82) is 0 Å². The topological polar surface area (TPSA) is 73.9 Å². The molecule has 1 atom stereocenters. The Kier molecular flexibility index (Phi) is 2.58. The van der Waals surface area contributed by atoms with E-state index in [-0.39, 0.29) is 6.61 Å². The Labute approximate surface area is 81.6 Å². The molecule has 0 amide bonds. The lowest BCUT2D eigenvalue weighted by Gasteiger charge is -2.06. The van der Waals surface area contributed by atoms with Crippen LogP contribution in [-0.2, 0) is 4.65 Å². The van der Waals surface area contributed by atoms with Crippen LogP contribution in [0.4, 0.5) is 0 Å². The van der Waals surface area contributed by atoms with E-state index in [1.54, 1.807) is 12.1 Å². The number of aliphatic hydroxyl groups excluding tert-OH is 1. The molecule has 0 saturated carbocycles. The van der Waals surface area contributed by atoms with Crippen LogP contribution in [0.1, 0.15) is 0 Å². The third-order valence-electron chi connectivity index (χ3n) is 1.70. The van der Waals surface area contributed by atoms with E-state index in [1.807, 2.05) is 12.1 Å². The second-order valence-electron chi connectivity index (χ2n) is 2.87. The predicted molar refractivity (Wildman–Crippen MR) is 49.6 cm³/mol. The molecule has 0 spiro atoms. The number of para-hydroxylation sites is 2. The zero-order chi connectivity index (χ0) is 9.97. The van der Waals surface area contributed by atoms with E-state index in [0.29, 0.717) is 11.5 Å². The van der Waals surface area contributed by atoms with Crippen LogP contribution in [0.15, 0.2) is 24.3 Å². The molecule has 1 aromatic rings. The van der Waals surface area contributed by atoms with E-state index in [1.165, 1.54) is 0 Å². The summed E-state index contributed by atoms with van der Waals surface area (Å²) in [5, 5.41) is 8.77. The monoisotopic (exact) mass is 195 g/mol. The Morgan fingerprint density at radius 2 is 1.93 bits per heavy atom. The van der Waals surface area contributed by atoms with E-state index in [2.05, 4.69) is 0 Å². The zero-order valence-corrected chi connectivity index (χ0v) is 7.42. The fraction of sp³-hybridized carbons (Fsp3) is 0.250. The molecule has 1 heterocycles. The van der Waals surface area contributed by atoms with Gasteiger partial charge in [-0.1, -0.05) is 12.1 Å². The van der Waals surface area contributed by atoms with Crippen molar-refractivity contribution in [3.63, 3.8) is 0 Å². The SMILES string of the molecule is NC(O)COB1Oc2ccccc2O1. The summed E-state index contributed by atoms with van der Waals surface area (Å²) in [6, 6.07) is 7.22. The van der Waals surface area contributed by atoms with Gasteiger partial charge in [0.15, 0.2) is 0 Å². The van der Waals surface area contributed by atoms with Gasteiger partial charge in [-0.15, -0.1) is 0 Å². The third-order valence-corrected chi connectivity index (χ3v) is 1.70. The van der Waals surface area contributed by atoms with Crippen molar-refractivity contribution in [3.8, 4) is 11.5 Å². The highest BCUT2D eigenvalue weighted by molar-refractivity contribution is 6.40. The van der Waals surface area contributed by atoms with Gasteiger partial charge >= 0.3 is 7.32 Å². The maximum atomic E-state index is 8.77. The zero-order valence-electron chi connectivity index (χ0n) is 7.42. The van der Waals surface area contributed by atoms with Crippen molar-refractivity contribution >= 4 is 7.32 Å². The number of fused-ring (bicyclic) bond motifs is 1. The minimum Gasteiger partial charge on any atom is -0.498 e. The highest BCUT2D eigenvalue weighted by Gasteiger charge is 2.35. The smallest absolute Gasteiger partial charge is 0.498 e. The van der Waals surface area contributed by atoms with Crippen LogP contribution in [0.5, 0.6) is 11.5 Å². The van der Waals surface area contributed by atoms with Crippen molar-refractivity contribution in [2.75, 3.05) is 6.61 Å². The van der Waals surface area contributed by atoms with Crippen LogP contribution in [0.25, 0.3) is 0 Å². The van der Waals surface area contributed by atoms with E-state index >= 15 is 0 Å². The Morgan fingerprint density at radius 1 is 1.36 bits per heavy atom. The van der Waals surface area contributed by atoms with Gasteiger partial charge < -0.3 is 24.8 Å². The molecular weight excluding hydrogens is 185 g/mol. The highest BCUT2D eigenvalue weighted by atomic mass is 16.8. The van der Waals surface area contributed by atoms with Crippen molar-refractivity contribution in [2.45, 2.75) is 6.23 Å². The van der Waals surface area contributed by atoms with Crippen LogP contribution in [0.3, 0.4) is 0 Å². The van der Waals surface area contributed by atoms with Crippen LogP contribution in [0, 0.1) is 0 Å². The third kappa shape index (κ3) is 1.98. The molecule has 1 aliphatic heterocycles. The lowest BCUT2D eigenvalue weighted by atomic mass is 10.2. The minimum absolute atomic E-state index is 0.0291. The minimum atomic E-state index is -1.02. The van der Waals surface area contributed by atoms with Crippen LogP contribution in [0.2, 0.25) is 0 Å². The Bertz CT molecular complexity index is 295. The number of aliphatic hydroxyl groups is 1. The van der Waals surface area contributed by atoms with Crippen molar-refractivity contribution < 1.29 is 19.1 Å². The van der Waals surface area contributed by atoms with Crippen molar-refractivity contribution in [1.82, 2.24) is 0 Å². The molecule has 6 heteroatoms. The number of hydrogen-bond acceptors (Lipinski definition) is 5. The maximum absolute atomic E-state index is 8.77. The van der Waals surface area contributed by atoms with Crippen LogP contribution in [-0.4, -0.2) is 25.3 Å². The molecule has 0 bridgehead atoms. The molecule has 1 aliphatic rings. The van der Waals surface area contributed by atoms with Gasteiger partial charge in [0.1, 0.15) is 17.7 Å². The molecule has 0 radical (unpaired) electrons. The largest absolute Gasteiger partial charge is 0.788 e. The number of nitrogens with two attached hydrogens (primary N) is 1. The van der Waals surface area contributed by atoms with Crippen LogP contribution < -0.4 is 15.0 Å². The highest BCUT2D eigenvalue weighted by Crippen LogP contribution is 2.32. The number of hydrogen-bond donors (Lipinski definition) is 2. The molecule has 0 fully saturated rings. The molecule has 5 nitrogen and oxygen atoms in total. The molecule has 1 aromatic carbocycles. The van der Waals surface area contributed by atoms with E-state index < -0.39 is 13.5 Å². The Balaban J connectivity index is 1.92. The van der Waals surface area contributed by atoms with Gasteiger partial charge in [-0.3, -0.25) is 0 Å². The fourth-order valence-electron chi connectivity index (χ4n) is 1.12. The molecule has 14 heavy (non-hydrogen) atoms. The van der Waals surface area contributed by atoms with Gasteiger partial charge in [-0.2, -0.15) is 0 Å². The summed E-state index contributed by atoms with van der Waals surface area (Å²) >= 11 is 0. The lowest BCUT2D eigenvalue weighted by Crippen LogP contribution is -2.35. The maximum Gasteiger partial charge on any atom is 0.788 e. The van der Waals surface area contributed by atoms with Gasteiger partial charge in [-0.05, 0) is 12.1 Å². The van der Waals surface area contributed by atoms with E-state index in [9.17, 15) is 0 Å². The first-order valence-corrected chi connectivity index (χ1v) is 4.23. The van der Waals surface area contributed by atoms with Gasteiger partial charge in [0.05, 0.1) is 6.61 Å². The van der Waals surface area contributed by atoms with Gasteiger partial charge in [0.2, 0.25) is 0 Å². The van der Waals surface area contributed by atoms with Crippen LogP contribution >= 0.6 is 0 Å². The van der Waals surface area contributed by atoms with Crippen molar-refractivity contribution in [2.24, 2.45) is 5.73 Å². The number of rotatable bonds is 3. The quantitative estimate of drug-likeness (QED) is 0.513. The molecule has 0 aromatic heterocycles. The second-order valence-corrected chi connectivity index (χ2v) is 2.87.